The van der Waals surface area contributed by atoms with Crippen molar-refractivity contribution < 1.29 is 9.59 Å². The fourth-order valence-electron chi connectivity index (χ4n) is 2.42. The number of H-pyrrole nitrogens is 1. The highest BCUT2D eigenvalue weighted by molar-refractivity contribution is 6.07. The average Bonchev–Trinajstić information content (AvgIpc) is 2.78. The Kier molecular flexibility index (Phi) is 4.21. The Bertz CT molecular complexity index is 684. The molecule has 0 saturated carbocycles. The van der Waals surface area contributed by atoms with Crippen LogP contribution in [0.4, 0.5) is 5.82 Å². The summed E-state index contributed by atoms with van der Waals surface area (Å²) in [7, 11) is 0. The number of rotatable bonds is 4. The van der Waals surface area contributed by atoms with Crippen molar-refractivity contribution in [2.75, 3.05) is 5.32 Å². The van der Waals surface area contributed by atoms with E-state index in [4.69, 9.17) is 0 Å². The summed E-state index contributed by atoms with van der Waals surface area (Å²) in [6.07, 6.45) is 2.31. The first-order valence-electron chi connectivity index (χ1n) is 6.90. The first-order valence-corrected chi connectivity index (χ1v) is 6.90. The topological polar surface area (TPSA) is 74.8 Å². The van der Waals surface area contributed by atoms with E-state index in [2.05, 4.69) is 15.3 Å². The van der Waals surface area contributed by atoms with Crippen molar-refractivity contribution in [3.8, 4) is 0 Å². The van der Waals surface area contributed by atoms with Crippen LogP contribution in [-0.4, -0.2) is 21.7 Å². The standard InChI is InChI=1S/C16H19N3O2/c1-5-12-14(11(4)20)10(3)18-15(12)16(21)19-13-7-6-9(2)8-17-13/h6-8,18H,5H2,1-4H3,(H,17,19,21). The summed E-state index contributed by atoms with van der Waals surface area (Å²) < 4.78 is 0. The van der Waals surface area contributed by atoms with Crippen LogP contribution in [-0.2, 0) is 6.42 Å². The SMILES string of the molecule is CCc1c(C(=O)Nc2ccc(C)cn2)[nH]c(C)c1C(C)=O. The zero-order chi connectivity index (χ0) is 15.6. The van der Waals surface area contributed by atoms with Gasteiger partial charge in [-0.3, -0.25) is 9.59 Å². The van der Waals surface area contributed by atoms with Crippen molar-refractivity contribution in [1.82, 2.24) is 9.97 Å². The van der Waals surface area contributed by atoms with Gasteiger partial charge < -0.3 is 10.3 Å². The molecule has 0 atom stereocenters. The van der Waals surface area contributed by atoms with Gasteiger partial charge in [-0.15, -0.1) is 0 Å². The number of anilines is 1. The molecule has 0 aliphatic heterocycles. The Balaban J connectivity index is 2.33. The molecule has 0 unspecified atom stereocenters. The van der Waals surface area contributed by atoms with Crippen LogP contribution >= 0.6 is 0 Å². The van der Waals surface area contributed by atoms with Crippen molar-refractivity contribution in [2.24, 2.45) is 0 Å². The van der Waals surface area contributed by atoms with E-state index in [9.17, 15) is 9.59 Å². The van der Waals surface area contributed by atoms with Crippen molar-refractivity contribution >= 4 is 17.5 Å². The molecule has 0 spiro atoms. The Hall–Kier alpha value is -2.43. The number of nitrogens with one attached hydrogen (secondary N) is 2. The highest BCUT2D eigenvalue weighted by Crippen LogP contribution is 2.21. The second kappa shape index (κ2) is 5.91. The van der Waals surface area contributed by atoms with E-state index >= 15 is 0 Å². The molecule has 2 heterocycles. The maximum absolute atomic E-state index is 12.4. The molecule has 0 aromatic carbocycles. The Morgan fingerprint density at radius 3 is 2.52 bits per heavy atom. The molecule has 5 heteroatoms. The summed E-state index contributed by atoms with van der Waals surface area (Å²) in [5.74, 6) is 0.177. The highest BCUT2D eigenvalue weighted by Gasteiger charge is 2.21. The minimum Gasteiger partial charge on any atom is -0.354 e. The minimum atomic E-state index is -0.279. The van der Waals surface area contributed by atoms with Crippen molar-refractivity contribution in [3.63, 3.8) is 0 Å². The van der Waals surface area contributed by atoms with Gasteiger partial charge in [-0.2, -0.15) is 0 Å². The molecule has 0 fully saturated rings. The second-order valence-electron chi connectivity index (χ2n) is 5.06. The monoisotopic (exact) mass is 285 g/mol. The van der Waals surface area contributed by atoms with Crippen LogP contribution in [0.3, 0.4) is 0 Å². The van der Waals surface area contributed by atoms with Gasteiger partial charge >= 0.3 is 0 Å². The van der Waals surface area contributed by atoms with Crippen molar-refractivity contribution in [1.29, 1.82) is 0 Å². The number of amides is 1. The van der Waals surface area contributed by atoms with E-state index in [1.54, 1.807) is 19.2 Å². The van der Waals surface area contributed by atoms with E-state index in [0.717, 1.165) is 16.8 Å². The number of carbonyl (C=O) groups is 2. The molecular weight excluding hydrogens is 266 g/mol. The van der Waals surface area contributed by atoms with Crippen LogP contribution < -0.4 is 5.32 Å². The summed E-state index contributed by atoms with van der Waals surface area (Å²) in [5.41, 5.74) is 3.55. The zero-order valence-corrected chi connectivity index (χ0v) is 12.7. The first kappa shape index (κ1) is 15.0. The minimum absolute atomic E-state index is 0.0342. The quantitative estimate of drug-likeness (QED) is 0.848. The molecule has 5 nitrogen and oxygen atoms in total. The summed E-state index contributed by atoms with van der Waals surface area (Å²) >= 11 is 0. The number of hydrogen-bond donors (Lipinski definition) is 2. The lowest BCUT2D eigenvalue weighted by Crippen LogP contribution is -2.15. The van der Waals surface area contributed by atoms with Crippen LogP contribution in [0.5, 0.6) is 0 Å². The van der Waals surface area contributed by atoms with Gasteiger partial charge in [-0.05, 0) is 44.4 Å². The fourth-order valence-corrected chi connectivity index (χ4v) is 2.42. The number of aryl methyl sites for hydroxylation is 2. The van der Waals surface area contributed by atoms with Gasteiger partial charge in [0.1, 0.15) is 11.5 Å². The molecular formula is C16H19N3O2. The molecule has 0 bridgehead atoms. The van der Waals surface area contributed by atoms with Crippen LogP contribution in [0.1, 0.15) is 51.5 Å². The van der Waals surface area contributed by atoms with E-state index in [0.29, 0.717) is 23.5 Å². The van der Waals surface area contributed by atoms with E-state index in [-0.39, 0.29) is 11.7 Å². The number of ketones is 1. The smallest absolute Gasteiger partial charge is 0.273 e. The Morgan fingerprint density at radius 1 is 1.29 bits per heavy atom. The van der Waals surface area contributed by atoms with Crippen LogP contribution in [0, 0.1) is 13.8 Å². The molecule has 2 rings (SSSR count). The fraction of sp³-hybridized carbons (Fsp3) is 0.312. The highest BCUT2D eigenvalue weighted by atomic mass is 16.2. The number of aromatic nitrogens is 2. The summed E-state index contributed by atoms with van der Waals surface area (Å²) in [6.45, 7) is 7.17. The predicted molar refractivity (Wildman–Crippen MR) is 81.8 cm³/mol. The second-order valence-corrected chi connectivity index (χ2v) is 5.06. The maximum atomic E-state index is 12.4. The molecule has 2 N–H and O–H groups in total. The lowest BCUT2D eigenvalue weighted by molar-refractivity contribution is 0.101. The number of pyridine rings is 1. The van der Waals surface area contributed by atoms with Gasteiger partial charge in [-0.25, -0.2) is 4.98 Å². The van der Waals surface area contributed by atoms with Gasteiger partial charge in [-0.1, -0.05) is 13.0 Å². The molecule has 0 saturated heterocycles. The number of nitrogens with zero attached hydrogens (tertiary/aromatic N) is 1. The first-order chi connectivity index (χ1) is 9.93. The molecule has 0 radical (unpaired) electrons. The van der Waals surface area contributed by atoms with Crippen molar-refractivity contribution in [2.45, 2.75) is 34.1 Å². The summed E-state index contributed by atoms with van der Waals surface area (Å²) in [4.78, 5) is 31.3. The van der Waals surface area contributed by atoms with E-state index in [1.165, 1.54) is 6.92 Å². The molecule has 2 aromatic heterocycles. The van der Waals surface area contributed by atoms with Gasteiger partial charge in [0.15, 0.2) is 5.78 Å². The Morgan fingerprint density at radius 2 is 2.00 bits per heavy atom. The van der Waals surface area contributed by atoms with Gasteiger partial charge in [0, 0.05) is 17.5 Å². The Labute approximate surface area is 123 Å². The number of carbonyl (C=O) groups excluding carboxylic acids is 2. The molecule has 1 amide bonds. The number of Topliss-reactive ketones (excluding diaryl/α,β-unsaturated/α-hetero) is 1. The third kappa shape index (κ3) is 3.02. The van der Waals surface area contributed by atoms with Gasteiger partial charge in [0.2, 0.25) is 0 Å². The third-order valence-electron chi connectivity index (χ3n) is 3.38. The number of aromatic amines is 1. The van der Waals surface area contributed by atoms with E-state index in [1.807, 2.05) is 19.9 Å². The van der Waals surface area contributed by atoms with Crippen molar-refractivity contribution in [3.05, 3.63) is 46.4 Å². The number of hydrogen-bond acceptors (Lipinski definition) is 3. The molecule has 0 aliphatic rings. The van der Waals surface area contributed by atoms with E-state index < -0.39 is 0 Å². The van der Waals surface area contributed by atoms with Crippen LogP contribution in [0.15, 0.2) is 18.3 Å². The van der Waals surface area contributed by atoms with Crippen LogP contribution in [0.25, 0.3) is 0 Å². The maximum Gasteiger partial charge on any atom is 0.273 e. The average molecular weight is 285 g/mol. The molecule has 21 heavy (non-hydrogen) atoms. The molecule has 0 aliphatic carbocycles. The molecule has 2 aromatic rings. The summed E-state index contributed by atoms with van der Waals surface area (Å²) in [5, 5.41) is 2.75. The summed E-state index contributed by atoms with van der Waals surface area (Å²) in [6, 6.07) is 3.63. The van der Waals surface area contributed by atoms with Gasteiger partial charge in [0.25, 0.3) is 5.91 Å². The lowest BCUT2D eigenvalue weighted by Gasteiger charge is -2.05. The van der Waals surface area contributed by atoms with Gasteiger partial charge in [0.05, 0.1) is 0 Å². The third-order valence-corrected chi connectivity index (χ3v) is 3.38. The predicted octanol–water partition coefficient (Wildman–Crippen LogP) is 3.04. The lowest BCUT2D eigenvalue weighted by atomic mass is 10.0. The largest absolute Gasteiger partial charge is 0.354 e. The normalized spacial score (nSPS) is 10.5. The zero-order valence-electron chi connectivity index (χ0n) is 12.7. The molecule has 110 valence electrons. The van der Waals surface area contributed by atoms with Crippen LogP contribution in [0.2, 0.25) is 0 Å².